The zero-order chi connectivity index (χ0) is 16.8. The van der Waals surface area contributed by atoms with E-state index in [1.807, 2.05) is 4.90 Å². The third-order valence-electron chi connectivity index (χ3n) is 4.93. The number of carbonyl (C=O) groups excluding carboxylic acids is 1. The lowest BCUT2D eigenvalue weighted by Gasteiger charge is -2.32. The summed E-state index contributed by atoms with van der Waals surface area (Å²) in [6, 6.07) is 1.54. The number of nitrogens with one attached hydrogen (secondary N) is 2. The molecule has 2 amide bonds. The number of hydrogen-bond acceptors (Lipinski definition) is 3. The van der Waals surface area contributed by atoms with Gasteiger partial charge in [0, 0.05) is 31.6 Å². The highest BCUT2D eigenvalue weighted by atomic mass is 16.2. The first kappa shape index (κ1) is 16.7. The summed E-state index contributed by atoms with van der Waals surface area (Å²) < 4.78 is 0. The SMILES string of the molecule is O=C(NCCC1=CCCCC1)N1CCC[C@H](c2cc(=O)[nH]cn2)C1. The van der Waals surface area contributed by atoms with E-state index < -0.39 is 0 Å². The number of H-pyrrole nitrogens is 1. The second-order valence-corrected chi connectivity index (χ2v) is 6.71. The lowest BCUT2D eigenvalue weighted by atomic mass is 9.95. The Morgan fingerprint density at radius 3 is 3.08 bits per heavy atom. The number of aromatic nitrogens is 2. The van der Waals surface area contributed by atoms with E-state index in [0.717, 1.165) is 31.5 Å². The molecule has 3 rings (SSSR count). The first-order valence-corrected chi connectivity index (χ1v) is 8.97. The van der Waals surface area contributed by atoms with Gasteiger partial charge in [-0.3, -0.25) is 4.79 Å². The van der Waals surface area contributed by atoms with Crippen LogP contribution in [0.2, 0.25) is 0 Å². The zero-order valence-electron chi connectivity index (χ0n) is 14.1. The average molecular weight is 330 g/mol. The molecule has 0 radical (unpaired) electrons. The highest BCUT2D eigenvalue weighted by Crippen LogP contribution is 2.24. The Bertz CT molecular complexity index is 652. The van der Waals surface area contributed by atoms with Gasteiger partial charge in [0.15, 0.2) is 0 Å². The van der Waals surface area contributed by atoms with E-state index in [2.05, 4.69) is 21.4 Å². The van der Waals surface area contributed by atoms with Crippen LogP contribution in [0, 0.1) is 0 Å². The second-order valence-electron chi connectivity index (χ2n) is 6.71. The summed E-state index contributed by atoms with van der Waals surface area (Å²) in [5.74, 6) is 0.146. The smallest absolute Gasteiger partial charge is 0.317 e. The normalized spacial score (nSPS) is 21.2. The Morgan fingerprint density at radius 1 is 1.38 bits per heavy atom. The van der Waals surface area contributed by atoms with Crippen molar-refractivity contribution in [3.8, 4) is 0 Å². The Hall–Kier alpha value is -2.11. The summed E-state index contributed by atoms with van der Waals surface area (Å²) in [5, 5.41) is 3.04. The van der Waals surface area contributed by atoms with Crippen molar-refractivity contribution in [2.75, 3.05) is 19.6 Å². The predicted octanol–water partition coefficient (Wildman–Crippen LogP) is 2.55. The molecule has 2 aliphatic rings. The zero-order valence-corrected chi connectivity index (χ0v) is 14.1. The monoisotopic (exact) mass is 330 g/mol. The molecule has 1 aliphatic carbocycles. The molecule has 1 fully saturated rings. The molecule has 6 nitrogen and oxygen atoms in total. The topological polar surface area (TPSA) is 78.1 Å². The van der Waals surface area contributed by atoms with Gasteiger partial charge in [-0.2, -0.15) is 0 Å². The number of hydrogen-bond donors (Lipinski definition) is 2. The van der Waals surface area contributed by atoms with Gasteiger partial charge in [0.2, 0.25) is 0 Å². The number of urea groups is 1. The molecule has 0 aromatic carbocycles. The van der Waals surface area contributed by atoms with Crippen molar-refractivity contribution in [3.63, 3.8) is 0 Å². The molecule has 1 atom stereocenters. The van der Waals surface area contributed by atoms with Gasteiger partial charge in [-0.25, -0.2) is 9.78 Å². The highest BCUT2D eigenvalue weighted by Gasteiger charge is 2.25. The van der Waals surface area contributed by atoms with Crippen LogP contribution in [0.15, 0.2) is 28.8 Å². The fraction of sp³-hybridized carbons (Fsp3) is 0.611. The van der Waals surface area contributed by atoms with E-state index in [9.17, 15) is 9.59 Å². The van der Waals surface area contributed by atoms with Gasteiger partial charge in [-0.15, -0.1) is 0 Å². The third kappa shape index (κ3) is 4.46. The molecule has 1 saturated heterocycles. The van der Waals surface area contributed by atoms with Gasteiger partial charge >= 0.3 is 6.03 Å². The number of amides is 2. The van der Waals surface area contributed by atoms with Crippen LogP contribution in [-0.4, -0.2) is 40.5 Å². The number of nitrogens with zero attached hydrogens (tertiary/aromatic N) is 2. The maximum absolute atomic E-state index is 12.4. The van der Waals surface area contributed by atoms with Crippen molar-refractivity contribution in [1.82, 2.24) is 20.2 Å². The maximum atomic E-state index is 12.4. The Balaban J connectivity index is 1.49. The molecule has 2 N–H and O–H groups in total. The lowest BCUT2D eigenvalue weighted by Crippen LogP contribution is -2.45. The van der Waals surface area contributed by atoms with Crippen LogP contribution in [-0.2, 0) is 0 Å². The van der Waals surface area contributed by atoms with Crippen LogP contribution in [0.25, 0.3) is 0 Å². The minimum absolute atomic E-state index is 0.000880. The van der Waals surface area contributed by atoms with Crippen LogP contribution < -0.4 is 10.9 Å². The molecule has 0 spiro atoms. The molecule has 0 bridgehead atoms. The molecule has 6 heteroatoms. The van der Waals surface area contributed by atoms with E-state index in [1.165, 1.54) is 37.6 Å². The van der Waals surface area contributed by atoms with Crippen LogP contribution in [0.1, 0.15) is 56.6 Å². The molecule has 130 valence electrons. The number of piperidine rings is 1. The summed E-state index contributed by atoms with van der Waals surface area (Å²) in [5.41, 5.74) is 2.12. The van der Waals surface area contributed by atoms with Crippen molar-refractivity contribution in [2.24, 2.45) is 0 Å². The van der Waals surface area contributed by atoms with Crippen molar-refractivity contribution in [1.29, 1.82) is 0 Å². The Morgan fingerprint density at radius 2 is 2.29 bits per heavy atom. The fourth-order valence-corrected chi connectivity index (χ4v) is 3.58. The van der Waals surface area contributed by atoms with Gasteiger partial charge in [0.1, 0.15) is 0 Å². The molecule has 2 heterocycles. The molecular weight excluding hydrogens is 304 g/mol. The third-order valence-corrected chi connectivity index (χ3v) is 4.93. The van der Waals surface area contributed by atoms with E-state index in [0.29, 0.717) is 13.1 Å². The van der Waals surface area contributed by atoms with E-state index in [4.69, 9.17) is 0 Å². The summed E-state index contributed by atoms with van der Waals surface area (Å²) in [4.78, 5) is 32.5. The van der Waals surface area contributed by atoms with Gasteiger partial charge in [-0.1, -0.05) is 11.6 Å². The van der Waals surface area contributed by atoms with Crippen LogP contribution in [0.5, 0.6) is 0 Å². The molecule has 1 aliphatic heterocycles. The number of rotatable bonds is 4. The summed E-state index contributed by atoms with van der Waals surface area (Å²) >= 11 is 0. The van der Waals surface area contributed by atoms with E-state index in [-0.39, 0.29) is 17.5 Å². The summed E-state index contributed by atoms with van der Waals surface area (Å²) in [6.07, 6.45) is 11.6. The van der Waals surface area contributed by atoms with Gasteiger partial charge < -0.3 is 15.2 Å². The Kier molecular flexibility index (Phi) is 5.67. The summed E-state index contributed by atoms with van der Waals surface area (Å²) in [7, 11) is 0. The van der Waals surface area contributed by atoms with E-state index in [1.54, 1.807) is 6.07 Å². The van der Waals surface area contributed by atoms with Crippen molar-refractivity contribution in [3.05, 3.63) is 40.1 Å². The van der Waals surface area contributed by atoms with Crippen molar-refractivity contribution in [2.45, 2.75) is 50.9 Å². The van der Waals surface area contributed by atoms with Crippen molar-refractivity contribution < 1.29 is 4.79 Å². The highest BCUT2D eigenvalue weighted by molar-refractivity contribution is 5.74. The first-order valence-electron chi connectivity index (χ1n) is 8.97. The largest absolute Gasteiger partial charge is 0.338 e. The minimum atomic E-state index is -0.137. The van der Waals surface area contributed by atoms with Crippen LogP contribution >= 0.6 is 0 Å². The molecule has 24 heavy (non-hydrogen) atoms. The molecule has 1 aromatic heterocycles. The maximum Gasteiger partial charge on any atom is 0.317 e. The van der Waals surface area contributed by atoms with Gasteiger partial charge in [0.25, 0.3) is 5.56 Å². The minimum Gasteiger partial charge on any atom is -0.338 e. The number of carbonyl (C=O) groups is 1. The Labute approximate surface area is 142 Å². The van der Waals surface area contributed by atoms with Crippen LogP contribution in [0.3, 0.4) is 0 Å². The molecular formula is C18H26N4O2. The van der Waals surface area contributed by atoms with Gasteiger partial charge in [-0.05, 0) is 44.9 Å². The average Bonchev–Trinajstić information content (AvgIpc) is 2.63. The molecule has 1 aromatic rings. The fourth-order valence-electron chi connectivity index (χ4n) is 3.58. The molecule has 0 saturated carbocycles. The first-order chi connectivity index (χ1) is 11.7. The lowest BCUT2D eigenvalue weighted by molar-refractivity contribution is 0.179. The van der Waals surface area contributed by atoms with Crippen molar-refractivity contribution >= 4 is 6.03 Å². The number of likely N-dealkylation sites (tertiary alicyclic amines) is 1. The predicted molar refractivity (Wildman–Crippen MR) is 93.0 cm³/mol. The molecule has 0 unspecified atom stereocenters. The van der Waals surface area contributed by atoms with Crippen LogP contribution in [0.4, 0.5) is 4.79 Å². The van der Waals surface area contributed by atoms with E-state index >= 15 is 0 Å². The second kappa shape index (κ2) is 8.13. The quantitative estimate of drug-likeness (QED) is 0.833. The van der Waals surface area contributed by atoms with Gasteiger partial charge in [0.05, 0.1) is 12.0 Å². The standard InChI is InChI=1S/C18H26N4O2/c23-17-11-16(20-13-21-17)15-7-4-10-22(12-15)18(24)19-9-8-14-5-2-1-3-6-14/h5,11,13,15H,1-4,6-10,12H2,(H,19,24)(H,20,21,23)/t15-/m0/s1. The number of allylic oxidation sites excluding steroid dienone is 1. The number of aromatic amines is 1. The summed E-state index contributed by atoms with van der Waals surface area (Å²) in [6.45, 7) is 2.11.